The van der Waals surface area contributed by atoms with Crippen LogP contribution in [0.25, 0.3) is 0 Å². The minimum Gasteiger partial charge on any atom is -0.492 e. The topological polar surface area (TPSA) is 47.6 Å². The lowest BCUT2D eigenvalue weighted by atomic mass is 9.87. The van der Waals surface area contributed by atoms with Crippen LogP contribution >= 0.6 is 0 Å². The average Bonchev–Trinajstić information content (AvgIpc) is 2.64. The standard InChI is InChI=1S/C24H33NO3/c1-7-21(28-22-13-8-17(2)16-18(22)3)23(26)25-14-15-27-20-11-9-19(10-12-20)24(4,5)6/h8-13,16,21H,7,14-15H2,1-6H3,(H,25,26)/t21-/m0/s1. The number of benzene rings is 2. The molecule has 0 radical (unpaired) electrons. The van der Waals surface area contributed by atoms with Crippen molar-refractivity contribution in [3.05, 3.63) is 59.2 Å². The molecule has 152 valence electrons. The van der Waals surface area contributed by atoms with Gasteiger partial charge >= 0.3 is 0 Å². The van der Waals surface area contributed by atoms with E-state index in [2.05, 4.69) is 44.3 Å². The first kappa shape index (κ1) is 21.8. The van der Waals surface area contributed by atoms with E-state index in [-0.39, 0.29) is 11.3 Å². The zero-order valence-electron chi connectivity index (χ0n) is 18.0. The minimum atomic E-state index is -0.507. The molecule has 0 aliphatic rings. The predicted molar refractivity (Wildman–Crippen MR) is 114 cm³/mol. The summed E-state index contributed by atoms with van der Waals surface area (Å²) in [6.07, 6.45) is 0.0985. The Morgan fingerprint density at radius 1 is 1.07 bits per heavy atom. The third kappa shape index (κ3) is 6.29. The fourth-order valence-corrected chi connectivity index (χ4v) is 2.92. The van der Waals surface area contributed by atoms with E-state index in [9.17, 15) is 4.79 Å². The maximum Gasteiger partial charge on any atom is 0.261 e. The van der Waals surface area contributed by atoms with Gasteiger partial charge in [0.05, 0.1) is 6.54 Å². The van der Waals surface area contributed by atoms with Crippen LogP contribution in [-0.4, -0.2) is 25.2 Å². The lowest BCUT2D eigenvalue weighted by Crippen LogP contribution is -2.39. The van der Waals surface area contributed by atoms with Gasteiger partial charge in [0.15, 0.2) is 6.10 Å². The molecule has 4 nitrogen and oxygen atoms in total. The van der Waals surface area contributed by atoms with Gasteiger partial charge in [-0.2, -0.15) is 0 Å². The number of hydrogen-bond donors (Lipinski definition) is 1. The maximum absolute atomic E-state index is 12.4. The van der Waals surface area contributed by atoms with Gasteiger partial charge in [0.2, 0.25) is 0 Å². The van der Waals surface area contributed by atoms with E-state index in [0.29, 0.717) is 19.6 Å². The Hall–Kier alpha value is -2.49. The SMILES string of the molecule is CC[C@H](Oc1ccc(C)cc1C)C(=O)NCCOc1ccc(C(C)(C)C)cc1. The number of hydrogen-bond acceptors (Lipinski definition) is 3. The van der Waals surface area contributed by atoms with Crippen molar-refractivity contribution in [2.75, 3.05) is 13.2 Å². The molecule has 0 saturated carbocycles. The second kappa shape index (κ2) is 9.63. The molecule has 1 amide bonds. The van der Waals surface area contributed by atoms with Crippen LogP contribution in [0, 0.1) is 13.8 Å². The van der Waals surface area contributed by atoms with Crippen LogP contribution in [0.2, 0.25) is 0 Å². The van der Waals surface area contributed by atoms with Crippen molar-refractivity contribution in [2.45, 2.75) is 59.5 Å². The summed E-state index contributed by atoms with van der Waals surface area (Å²) in [5.74, 6) is 1.44. The van der Waals surface area contributed by atoms with Gasteiger partial charge in [-0.25, -0.2) is 0 Å². The molecule has 0 fully saturated rings. The van der Waals surface area contributed by atoms with E-state index in [0.717, 1.165) is 17.1 Å². The first-order chi connectivity index (χ1) is 13.2. The lowest BCUT2D eigenvalue weighted by molar-refractivity contribution is -0.128. The number of rotatable bonds is 8. The fourth-order valence-electron chi connectivity index (χ4n) is 2.92. The predicted octanol–water partition coefficient (Wildman–Crippen LogP) is 4.95. The van der Waals surface area contributed by atoms with Crippen molar-refractivity contribution in [2.24, 2.45) is 0 Å². The number of carbonyl (C=O) groups is 1. The van der Waals surface area contributed by atoms with Gasteiger partial charge in [-0.05, 0) is 55.0 Å². The van der Waals surface area contributed by atoms with Crippen molar-refractivity contribution in [1.82, 2.24) is 5.32 Å². The number of amides is 1. The largest absolute Gasteiger partial charge is 0.492 e. The van der Waals surface area contributed by atoms with E-state index in [1.807, 2.05) is 45.0 Å². The molecule has 0 bridgehead atoms. The Morgan fingerprint density at radius 3 is 2.32 bits per heavy atom. The van der Waals surface area contributed by atoms with E-state index < -0.39 is 6.10 Å². The first-order valence-electron chi connectivity index (χ1n) is 9.95. The van der Waals surface area contributed by atoms with E-state index in [1.54, 1.807) is 0 Å². The van der Waals surface area contributed by atoms with Crippen LogP contribution in [-0.2, 0) is 10.2 Å². The fraction of sp³-hybridized carbons (Fsp3) is 0.458. The van der Waals surface area contributed by atoms with E-state index in [1.165, 1.54) is 11.1 Å². The maximum atomic E-state index is 12.4. The Labute approximate surface area is 169 Å². The third-order valence-electron chi connectivity index (χ3n) is 4.65. The van der Waals surface area contributed by atoms with Crippen molar-refractivity contribution in [3.8, 4) is 11.5 Å². The average molecular weight is 384 g/mol. The molecule has 0 aromatic heterocycles. The molecule has 2 aromatic carbocycles. The molecule has 2 aromatic rings. The molecule has 4 heteroatoms. The summed E-state index contributed by atoms with van der Waals surface area (Å²) >= 11 is 0. The van der Waals surface area contributed by atoms with Crippen molar-refractivity contribution >= 4 is 5.91 Å². The zero-order valence-corrected chi connectivity index (χ0v) is 18.0. The first-order valence-corrected chi connectivity index (χ1v) is 9.95. The monoisotopic (exact) mass is 383 g/mol. The van der Waals surface area contributed by atoms with Gasteiger partial charge in [-0.3, -0.25) is 4.79 Å². The number of carbonyl (C=O) groups excluding carboxylic acids is 1. The lowest BCUT2D eigenvalue weighted by Gasteiger charge is -2.20. The summed E-state index contributed by atoms with van der Waals surface area (Å²) in [5, 5.41) is 2.90. The summed E-state index contributed by atoms with van der Waals surface area (Å²) in [6, 6.07) is 14.1. The van der Waals surface area contributed by atoms with Crippen LogP contribution in [0.3, 0.4) is 0 Å². The van der Waals surface area contributed by atoms with Crippen LogP contribution in [0.1, 0.15) is 50.8 Å². The number of ether oxygens (including phenoxy) is 2. The number of aryl methyl sites for hydroxylation is 2. The molecule has 0 unspecified atom stereocenters. The van der Waals surface area contributed by atoms with Gasteiger partial charge < -0.3 is 14.8 Å². The normalized spacial score (nSPS) is 12.4. The van der Waals surface area contributed by atoms with E-state index >= 15 is 0 Å². The van der Waals surface area contributed by atoms with Crippen LogP contribution in [0.4, 0.5) is 0 Å². The molecule has 0 saturated heterocycles. The van der Waals surface area contributed by atoms with E-state index in [4.69, 9.17) is 9.47 Å². The second-order valence-electron chi connectivity index (χ2n) is 8.20. The van der Waals surface area contributed by atoms with Crippen molar-refractivity contribution in [3.63, 3.8) is 0 Å². The van der Waals surface area contributed by atoms with Gasteiger partial charge in [0.25, 0.3) is 5.91 Å². The molecule has 0 heterocycles. The molecule has 0 spiro atoms. The summed E-state index contributed by atoms with van der Waals surface area (Å²) in [5.41, 5.74) is 3.60. The summed E-state index contributed by atoms with van der Waals surface area (Å²) in [6.45, 7) is 13.4. The molecule has 2 rings (SSSR count). The van der Waals surface area contributed by atoms with Gasteiger partial charge in [0, 0.05) is 0 Å². The Bertz CT molecular complexity index is 775. The molecule has 28 heavy (non-hydrogen) atoms. The Kier molecular flexibility index (Phi) is 7.50. The number of nitrogens with one attached hydrogen (secondary N) is 1. The third-order valence-corrected chi connectivity index (χ3v) is 4.65. The molecule has 0 aliphatic heterocycles. The molecule has 1 N–H and O–H groups in total. The summed E-state index contributed by atoms with van der Waals surface area (Å²) in [4.78, 5) is 12.4. The second-order valence-corrected chi connectivity index (χ2v) is 8.20. The smallest absolute Gasteiger partial charge is 0.261 e. The van der Waals surface area contributed by atoms with Crippen LogP contribution in [0.5, 0.6) is 11.5 Å². The summed E-state index contributed by atoms with van der Waals surface area (Å²) in [7, 11) is 0. The van der Waals surface area contributed by atoms with Crippen LogP contribution < -0.4 is 14.8 Å². The Morgan fingerprint density at radius 2 is 1.75 bits per heavy atom. The van der Waals surface area contributed by atoms with Crippen molar-refractivity contribution in [1.29, 1.82) is 0 Å². The van der Waals surface area contributed by atoms with Gasteiger partial charge in [0.1, 0.15) is 18.1 Å². The summed E-state index contributed by atoms with van der Waals surface area (Å²) < 4.78 is 11.7. The highest BCUT2D eigenvalue weighted by Crippen LogP contribution is 2.24. The minimum absolute atomic E-state index is 0.117. The molecular formula is C24H33NO3. The van der Waals surface area contributed by atoms with Crippen LogP contribution in [0.15, 0.2) is 42.5 Å². The molecule has 0 aliphatic carbocycles. The van der Waals surface area contributed by atoms with Crippen molar-refractivity contribution < 1.29 is 14.3 Å². The Balaban J connectivity index is 1.80. The van der Waals surface area contributed by atoms with Gasteiger partial charge in [-0.1, -0.05) is 57.5 Å². The highest BCUT2D eigenvalue weighted by molar-refractivity contribution is 5.81. The highest BCUT2D eigenvalue weighted by atomic mass is 16.5. The quantitative estimate of drug-likeness (QED) is 0.656. The molecular weight excluding hydrogens is 350 g/mol. The zero-order chi connectivity index (χ0) is 20.7. The van der Waals surface area contributed by atoms with Gasteiger partial charge in [-0.15, -0.1) is 0 Å². The highest BCUT2D eigenvalue weighted by Gasteiger charge is 2.19. The molecule has 1 atom stereocenters.